The highest BCUT2D eigenvalue weighted by molar-refractivity contribution is 5.87. The molecule has 2 atom stereocenters. The van der Waals surface area contributed by atoms with E-state index in [1.54, 1.807) is 4.90 Å². The fourth-order valence-corrected chi connectivity index (χ4v) is 2.39. The van der Waals surface area contributed by atoms with Crippen LogP contribution in [0.5, 0.6) is 0 Å². The van der Waals surface area contributed by atoms with Crippen molar-refractivity contribution in [3.05, 3.63) is 0 Å². The maximum absolute atomic E-state index is 12.4. The summed E-state index contributed by atoms with van der Waals surface area (Å²) in [6.45, 7) is 8.50. The highest BCUT2D eigenvalue weighted by Crippen LogP contribution is 2.16. The van der Waals surface area contributed by atoms with E-state index in [9.17, 15) is 9.59 Å². The molecule has 0 aliphatic carbocycles. The molecular formula is C14H27N3O2. The number of hydrogen-bond acceptors (Lipinski definition) is 3. The molecule has 1 heterocycles. The summed E-state index contributed by atoms with van der Waals surface area (Å²) >= 11 is 0. The van der Waals surface area contributed by atoms with E-state index in [0.717, 1.165) is 25.8 Å². The van der Waals surface area contributed by atoms with Crippen molar-refractivity contribution in [1.82, 2.24) is 15.5 Å². The molecule has 2 amide bonds. The monoisotopic (exact) mass is 269 g/mol. The highest BCUT2D eigenvalue weighted by Gasteiger charge is 2.32. The molecule has 1 aliphatic rings. The SMILES string of the molecule is CCCNC(=O)CN(CCC)C(=O)C1NCCC1C. The second-order valence-corrected chi connectivity index (χ2v) is 5.31. The number of rotatable bonds is 7. The highest BCUT2D eigenvalue weighted by atomic mass is 16.2. The van der Waals surface area contributed by atoms with Crippen LogP contribution in [0.3, 0.4) is 0 Å². The van der Waals surface area contributed by atoms with Gasteiger partial charge in [-0.05, 0) is 31.7 Å². The summed E-state index contributed by atoms with van der Waals surface area (Å²) in [5.41, 5.74) is 0. The summed E-state index contributed by atoms with van der Waals surface area (Å²) < 4.78 is 0. The number of carbonyl (C=O) groups is 2. The number of hydrogen-bond donors (Lipinski definition) is 2. The fraction of sp³-hybridized carbons (Fsp3) is 0.857. The molecule has 0 saturated carbocycles. The van der Waals surface area contributed by atoms with Crippen LogP contribution in [0.15, 0.2) is 0 Å². The van der Waals surface area contributed by atoms with Gasteiger partial charge in [0.05, 0.1) is 12.6 Å². The quantitative estimate of drug-likeness (QED) is 0.717. The van der Waals surface area contributed by atoms with E-state index < -0.39 is 0 Å². The Labute approximate surface area is 116 Å². The van der Waals surface area contributed by atoms with Crippen LogP contribution in [-0.4, -0.2) is 48.9 Å². The van der Waals surface area contributed by atoms with Crippen LogP contribution in [0.1, 0.15) is 40.0 Å². The first-order valence-corrected chi connectivity index (χ1v) is 7.39. The summed E-state index contributed by atoms with van der Waals surface area (Å²) in [5.74, 6) is 0.360. The van der Waals surface area contributed by atoms with Gasteiger partial charge in [-0.3, -0.25) is 9.59 Å². The lowest BCUT2D eigenvalue weighted by atomic mass is 10.0. The summed E-state index contributed by atoms with van der Waals surface area (Å²) in [7, 11) is 0. The van der Waals surface area contributed by atoms with Crippen molar-refractivity contribution in [3.8, 4) is 0 Å². The van der Waals surface area contributed by atoms with Crippen molar-refractivity contribution >= 4 is 11.8 Å². The van der Waals surface area contributed by atoms with E-state index in [1.165, 1.54) is 0 Å². The van der Waals surface area contributed by atoms with Gasteiger partial charge < -0.3 is 15.5 Å². The average Bonchev–Trinajstić information content (AvgIpc) is 2.81. The predicted molar refractivity (Wildman–Crippen MR) is 75.7 cm³/mol. The maximum atomic E-state index is 12.4. The molecule has 0 radical (unpaired) electrons. The Bertz CT molecular complexity index is 307. The van der Waals surface area contributed by atoms with Gasteiger partial charge in [0, 0.05) is 13.1 Å². The molecule has 0 aromatic rings. The van der Waals surface area contributed by atoms with Crippen LogP contribution in [-0.2, 0) is 9.59 Å². The summed E-state index contributed by atoms with van der Waals surface area (Å²) in [4.78, 5) is 25.9. The topological polar surface area (TPSA) is 61.4 Å². The van der Waals surface area contributed by atoms with Crippen molar-refractivity contribution in [2.45, 2.75) is 46.1 Å². The third-order valence-corrected chi connectivity index (χ3v) is 3.51. The van der Waals surface area contributed by atoms with Crippen LogP contribution < -0.4 is 10.6 Å². The molecule has 0 bridgehead atoms. The third kappa shape index (κ3) is 4.82. The van der Waals surface area contributed by atoms with Crippen LogP contribution in [0.4, 0.5) is 0 Å². The number of nitrogens with zero attached hydrogens (tertiary/aromatic N) is 1. The molecule has 0 aromatic carbocycles. The Kier molecular flexibility index (Phi) is 6.84. The lowest BCUT2D eigenvalue weighted by Gasteiger charge is -2.26. The van der Waals surface area contributed by atoms with Crippen LogP contribution in [0, 0.1) is 5.92 Å². The molecule has 0 spiro atoms. The van der Waals surface area contributed by atoms with E-state index in [2.05, 4.69) is 17.6 Å². The molecule has 110 valence electrons. The Morgan fingerprint density at radius 1 is 1.32 bits per heavy atom. The van der Waals surface area contributed by atoms with Crippen molar-refractivity contribution < 1.29 is 9.59 Å². The molecule has 19 heavy (non-hydrogen) atoms. The maximum Gasteiger partial charge on any atom is 0.240 e. The van der Waals surface area contributed by atoms with Gasteiger partial charge in [0.1, 0.15) is 0 Å². The van der Waals surface area contributed by atoms with E-state index in [-0.39, 0.29) is 24.4 Å². The first-order valence-electron chi connectivity index (χ1n) is 7.39. The molecule has 5 nitrogen and oxygen atoms in total. The van der Waals surface area contributed by atoms with Crippen molar-refractivity contribution in [3.63, 3.8) is 0 Å². The number of carbonyl (C=O) groups excluding carboxylic acids is 2. The second kappa shape index (κ2) is 8.15. The Morgan fingerprint density at radius 3 is 2.58 bits per heavy atom. The Morgan fingerprint density at radius 2 is 2.05 bits per heavy atom. The molecular weight excluding hydrogens is 242 g/mol. The van der Waals surface area contributed by atoms with Gasteiger partial charge in [0.25, 0.3) is 0 Å². The van der Waals surface area contributed by atoms with Gasteiger partial charge in [0.15, 0.2) is 0 Å². The normalized spacial score (nSPS) is 22.3. The van der Waals surface area contributed by atoms with Crippen molar-refractivity contribution in [2.24, 2.45) is 5.92 Å². The Balaban J connectivity index is 2.55. The van der Waals surface area contributed by atoms with E-state index in [4.69, 9.17) is 0 Å². The molecule has 5 heteroatoms. The fourth-order valence-electron chi connectivity index (χ4n) is 2.39. The number of amides is 2. The molecule has 1 fully saturated rings. The zero-order valence-corrected chi connectivity index (χ0v) is 12.4. The largest absolute Gasteiger partial charge is 0.355 e. The number of nitrogens with one attached hydrogen (secondary N) is 2. The summed E-state index contributed by atoms with van der Waals surface area (Å²) in [6.07, 6.45) is 2.81. The standard InChI is InChI=1S/C14H27N3O2/c1-4-7-15-12(18)10-17(9-5-2)14(19)13-11(3)6-8-16-13/h11,13,16H,4-10H2,1-3H3,(H,15,18). The van der Waals surface area contributed by atoms with Gasteiger partial charge in [-0.1, -0.05) is 20.8 Å². The van der Waals surface area contributed by atoms with E-state index in [1.807, 2.05) is 13.8 Å². The van der Waals surface area contributed by atoms with E-state index >= 15 is 0 Å². The van der Waals surface area contributed by atoms with Gasteiger partial charge >= 0.3 is 0 Å². The zero-order valence-electron chi connectivity index (χ0n) is 12.4. The molecule has 1 saturated heterocycles. The molecule has 0 aromatic heterocycles. The average molecular weight is 269 g/mol. The van der Waals surface area contributed by atoms with Gasteiger partial charge in [-0.15, -0.1) is 0 Å². The van der Waals surface area contributed by atoms with Gasteiger partial charge in [-0.2, -0.15) is 0 Å². The van der Waals surface area contributed by atoms with Crippen LogP contribution >= 0.6 is 0 Å². The molecule has 1 aliphatic heterocycles. The molecule has 1 rings (SSSR count). The lowest BCUT2D eigenvalue weighted by molar-refractivity contribution is -0.138. The van der Waals surface area contributed by atoms with Crippen LogP contribution in [0.25, 0.3) is 0 Å². The van der Waals surface area contributed by atoms with Crippen molar-refractivity contribution in [2.75, 3.05) is 26.2 Å². The second-order valence-electron chi connectivity index (χ2n) is 5.31. The lowest BCUT2D eigenvalue weighted by Crippen LogP contribution is -2.49. The van der Waals surface area contributed by atoms with Crippen molar-refractivity contribution in [1.29, 1.82) is 0 Å². The predicted octanol–water partition coefficient (Wildman–Crippen LogP) is 0.749. The first kappa shape index (κ1) is 16.0. The minimum absolute atomic E-state index is 0.0608. The molecule has 2 N–H and O–H groups in total. The first-order chi connectivity index (χ1) is 9.10. The smallest absolute Gasteiger partial charge is 0.240 e. The Hall–Kier alpha value is -1.10. The zero-order chi connectivity index (χ0) is 14.3. The molecule has 2 unspecified atom stereocenters. The van der Waals surface area contributed by atoms with Gasteiger partial charge in [-0.25, -0.2) is 0 Å². The third-order valence-electron chi connectivity index (χ3n) is 3.51. The minimum atomic E-state index is -0.120. The van der Waals surface area contributed by atoms with E-state index in [0.29, 0.717) is 19.0 Å². The van der Waals surface area contributed by atoms with Crippen LogP contribution in [0.2, 0.25) is 0 Å². The van der Waals surface area contributed by atoms with Gasteiger partial charge in [0.2, 0.25) is 11.8 Å². The summed E-state index contributed by atoms with van der Waals surface area (Å²) in [6, 6.07) is -0.120. The summed E-state index contributed by atoms with van der Waals surface area (Å²) in [5, 5.41) is 6.06. The minimum Gasteiger partial charge on any atom is -0.355 e.